The summed E-state index contributed by atoms with van der Waals surface area (Å²) in [5.74, 6) is -0.251. The molecule has 1 N–H and O–H groups in total. The number of anilines is 1. The molecule has 0 atom stereocenters. The van der Waals surface area contributed by atoms with Gasteiger partial charge in [0.15, 0.2) is 0 Å². The number of pyridine rings is 1. The van der Waals surface area contributed by atoms with Gasteiger partial charge in [-0.25, -0.2) is 0 Å². The number of halogens is 1. The van der Waals surface area contributed by atoms with Gasteiger partial charge in [-0.2, -0.15) is 0 Å². The molecule has 132 valence electrons. The van der Waals surface area contributed by atoms with Crippen molar-refractivity contribution in [2.24, 2.45) is 0 Å². The molecule has 5 heteroatoms. The van der Waals surface area contributed by atoms with Crippen LogP contribution < -0.4 is 10.9 Å². The zero-order chi connectivity index (χ0) is 18.7. The zero-order valence-corrected chi connectivity index (χ0v) is 15.4. The van der Waals surface area contributed by atoms with Crippen molar-refractivity contribution in [1.82, 2.24) is 4.57 Å². The maximum atomic E-state index is 12.6. The van der Waals surface area contributed by atoms with Crippen LogP contribution in [0.3, 0.4) is 0 Å². The Morgan fingerprint density at radius 3 is 2.65 bits per heavy atom. The second-order valence-electron chi connectivity index (χ2n) is 6.29. The smallest absolute Gasteiger partial charge is 0.257 e. The van der Waals surface area contributed by atoms with E-state index in [0.717, 1.165) is 22.4 Å². The normalized spacial score (nSPS) is 10.6. The van der Waals surface area contributed by atoms with Crippen LogP contribution >= 0.6 is 11.6 Å². The van der Waals surface area contributed by atoms with Crippen molar-refractivity contribution in [1.29, 1.82) is 0 Å². The fourth-order valence-corrected chi connectivity index (χ4v) is 2.90. The summed E-state index contributed by atoms with van der Waals surface area (Å²) in [5.41, 5.74) is 3.96. The third kappa shape index (κ3) is 4.21. The molecule has 0 aliphatic rings. The zero-order valence-electron chi connectivity index (χ0n) is 14.6. The van der Waals surface area contributed by atoms with Gasteiger partial charge in [-0.05, 0) is 54.8 Å². The fraction of sp³-hybridized carbons (Fsp3) is 0.143. The molecule has 1 heterocycles. The number of benzene rings is 2. The Hall–Kier alpha value is -2.85. The summed E-state index contributed by atoms with van der Waals surface area (Å²) in [6, 6.07) is 16.1. The van der Waals surface area contributed by atoms with Crippen LogP contribution in [0.5, 0.6) is 0 Å². The van der Waals surface area contributed by atoms with E-state index in [0.29, 0.717) is 17.1 Å². The first-order valence-electron chi connectivity index (χ1n) is 8.26. The maximum Gasteiger partial charge on any atom is 0.257 e. The predicted octanol–water partition coefficient (Wildman–Crippen LogP) is 4.42. The highest BCUT2D eigenvalue weighted by Gasteiger charge is 2.10. The molecule has 26 heavy (non-hydrogen) atoms. The molecular formula is C21H19ClN2O2. The predicted molar refractivity (Wildman–Crippen MR) is 105 cm³/mol. The molecule has 0 radical (unpaired) electrons. The van der Waals surface area contributed by atoms with E-state index in [1.54, 1.807) is 18.3 Å². The van der Waals surface area contributed by atoms with Crippen LogP contribution in [-0.2, 0) is 6.54 Å². The SMILES string of the molecule is Cc1ccc(C)c(NC(=O)c2ccc(=O)n(Cc3cccc(Cl)c3)c2)c1. The lowest BCUT2D eigenvalue weighted by Gasteiger charge is -2.11. The Kier molecular flexibility index (Phi) is 5.24. The molecule has 0 aliphatic heterocycles. The molecular weight excluding hydrogens is 348 g/mol. The summed E-state index contributed by atoms with van der Waals surface area (Å²) >= 11 is 6.00. The summed E-state index contributed by atoms with van der Waals surface area (Å²) in [6.07, 6.45) is 1.57. The summed E-state index contributed by atoms with van der Waals surface area (Å²) in [7, 11) is 0. The molecule has 3 rings (SSSR count). The number of carbonyl (C=O) groups is 1. The molecule has 0 saturated carbocycles. The van der Waals surface area contributed by atoms with Gasteiger partial charge in [-0.15, -0.1) is 0 Å². The lowest BCUT2D eigenvalue weighted by Crippen LogP contribution is -2.22. The summed E-state index contributed by atoms with van der Waals surface area (Å²) in [4.78, 5) is 24.7. The Morgan fingerprint density at radius 2 is 1.88 bits per heavy atom. The Balaban J connectivity index is 1.85. The van der Waals surface area contributed by atoms with E-state index in [1.807, 2.05) is 44.2 Å². The molecule has 4 nitrogen and oxygen atoms in total. The first kappa shape index (κ1) is 18.0. The van der Waals surface area contributed by atoms with Gasteiger partial charge in [0.2, 0.25) is 0 Å². The van der Waals surface area contributed by atoms with Crippen molar-refractivity contribution in [2.45, 2.75) is 20.4 Å². The molecule has 0 spiro atoms. The summed E-state index contributed by atoms with van der Waals surface area (Å²) < 4.78 is 1.50. The van der Waals surface area contributed by atoms with Gasteiger partial charge in [-0.1, -0.05) is 35.9 Å². The third-order valence-electron chi connectivity index (χ3n) is 4.13. The van der Waals surface area contributed by atoms with Crippen LogP contribution in [0.4, 0.5) is 5.69 Å². The number of carbonyl (C=O) groups excluding carboxylic acids is 1. The average Bonchev–Trinajstić information content (AvgIpc) is 2.60. The van der Waals surface area contributed by atoms with Gasteiger partial charge in [0.1, 0.15) is 0 Å². The number of hydrogen-bond donors (Lipinski definition) is 1. The average molecular weight is 367 g/mol. The second kappa shape index (κ2) is 7.58. The van der Waals surface area contributed by atoms with Crippen molar-refractivity contribution < 1.29 is 4.79 Å². The van der Waals surface area contributed by atoms with E-state index in [-0.39, 0.29) is 11.5 Å². The topological polar surface area (TPSA) is 51.1 Å². The van der Waals surface area contributed by atoms with E-state index in [9.17, 15) is 9.59 Å². The summed E-state index contributed by atoms with van der Waals surface area (Å²) in [6.45, 7) is 4.26. The van der Waals surface area contributed by atoms with E-state index in [2.05, 4.69) is 5.32 Å². The number of amides is 1. The van der Waals surface area contributed by atoms with Gasteiger partial charge in [0.25, 0.3) is 11.5 Å². The van der Waals surface area contributed by atoms with Crippen molar-refractivity contribution in [3.63, 3.8) is 0 Å². The van der Waals surface area contributed by atoms with Crippen LogP contribution in [0.15, 0.2) is 65.6 Å². The second-order valence-corrected chi connectivity index (χ2v) is 6.72. The van der Waals surface area contributed by atoms with Crippen LogP contribution in [0.25, 0.3) is 0 Å². The molecule has 0 bridgehead atoms. The molecule has 0 fully saturated rings. The standard InChI is InChI=1S/C21H19ClN2O2/c1-14-6-7-15(2)19(10-14)23-21(26)17-8-9-20(25)24(13-17)12-16-4-3-5-18(22)11-16/h3-11,13H,12H2,1-2H3,(H,23,26). The lowest BCUT2D eigenvalue weighted by atomic mass is 10.1. The quantitative estimate of drug-likeness (QED) is 0.743. The number of nitrogens with zero attached hydrogens (tertiary/aromatic N) is 1. The molecule has 3 aromatic rings. The van der Waals surface area contributed by atoms with Gasteiger partial charge in [-0.3, -0.25) is 9.59 Å². The van der Waals surface area contributed by atoms with Crippen molar-refractivity contribution in [3.8, 4) is 0 Å². The van der Waals surface area contributed by atoms with E-state index >= 15 is 0 Å². The first-order chi connectivity index (χ1) is 12.4. The van der Waals surface area contributed by atoms with Crippen LogP contribution in [0.1, 0.15) is 27.0 Å². The molecule has 2 aromatic carbocycles. The van der Waals surface area contributed by atoms with E-state index in [1.165, 1.54) is 16.7 Å². The lowest BCUT2D eigenvalue weighted by molar-refractivity contribution is 0.102. The fourth-order valence-electron chi connectivity index (χ4n) is 2.69. The van der Waals surface area contributed by atoms with Crippen LogP contribution in [0.2, 0.25) is 5.02 Å². The highest BCUT2D eigenvalue weighted by atomic mass is 35.5. The number of rotatable bonds is 4. The summed E-state index contributed by atoms with van der Waals surface area (Å²) in [5, 5.41) is 3.52. The molecule has 1 amide bonds. The number of hydrogen-bond acceptors (Lipinski definition) is 2. The highest BCUT2D eigenvalue weighted by molar-refractivity contribution is 6.30. The van der Waals surface area contributed by atoms with E-state index < -0.39 is 0 Å². The molecule has 0 aliphatic carbocycles. The van der Waals surface area contributed by atoms with Gasteiger partial charge < -0.3 is 9.88 Å². The molecule has 1 aromatic heterocycles. The third-order valence-corrected chi connectivity index (χ3v) is 4.36. The van der Waals surface area contributed by atoms with Gasteiger partial charge >= 0.3 is 0 Å². The van der Waals surface area contributed by atoms with E-state index in [4.69, 9.17) is 11.6 Å². The number of aryl methyl sites for hydroxylation is 2. The Bertz CT molecular complexity index is 1020. The molecule has 0 unspecified atom stereocenters. The minimum absolute atomic E-state index is 0.173. The highest BCUT2D eigenvalue weighted by Crippen LogP contribution is 2.17. The van der Waals surface area contributed by atoms with Gasteiger partial charge in [0, 0.05) is 23.0 Å². The van der Waals surface area contributed by atoms with Crippen molar-refractivity contribution in [3.05, 3.63) is 98.4 Å². The minimum atomic E-state index is -0.251. The number of nitrogens with one attached hydrogen (secondary N) is 1. The largest absolute Gasteiger partial charge is 0.322 e. The van der Waals surface area contributed by atoms with Crippen LogP contribution in [0, 0.1) is 13.8 Å². The molecule has 0 saturated heterocycles. The Morgan fingerprint density at radius 1 is 1.08 bits per heavy atom. The minimum Gasteiger partial charge on any atom is -0.322 e. The van der Waals surface area contributed by atoms with Crippen molar-refractivity contribution in [2.75, 3.05) is 5.32 Å². The monoisotopic (exact) mass is 366 g/mol. The maximum absolute atomic E-state index is 12.6. The first-order valence-corrected chi connectivity index (χ1v) is 8.64. The van der Waals surface area contributed by atoms with Gasteiger partial charge in [0.05, 0.1) is 12.1 Å². The Labute approximate surface area is 157 Å². The number of aromatic nitrogens is 1. The van der Waals surface area contributed by atoms with Crippen molar-refractivity contribution >= 4 is 23.2 Å². The van der Waals surface area contributed by atoms with Crippen LogP contribution in [-0.4, -0.2) is 10.5 Å².